The van der Waals surface area contributed by atoms with Crippen molar-refractivity contribution in [1.82, 2.24) is 0 Å². The summed E-state index contributed by atoms with van der Waals surface area (Å²) in [7, 11) is 0. The summed E-state index contributed by atoms with van der Waals surface area (Å²) in [5.41, 5.74) is 0. The third-order valence-electron chi connectivity index (χ3n) is 0.853. The molecule has 0 spiro atoms. The second kappa shape index (κ2) is 3.44. The molecule has 0 aromatic rings. The van der Waals surface area contributed by atoms with Crippen molar-refractivity contribution in [2.45, 2.75) is 19.2 Å². The number of terminal acetylenes is 1. The molecule has 52 valence electrons. The van der Waals surface area contributed by atoms with Crippen LogP contribution in [0.25, 0.3) is 0 Å². The Morgan fingerprint density at radius 1 is 1.33 bits per heavy atom. The highest BCUT2D eigenvalue weighted by molar-refractivity contribution is 6.58. The van der Waals surface area contributed by atoms with Crippen molar-refractivity contribution in [3.8, 4) is 12.3 Å². The molecule has 0 aliphatic carbocycles. The van der Waals surface area contributed by atoms with Gasteiger partial charge in [0.2, 0.25) is 0 Å². The van der Waals surface area contributed by atoms with E-state index in [0.717, 1.165) is 0 Å². The molecule has 0 aromatic carbocycles. The lowest BCUT2D eigenvalue weighted by Crippen LogP contribution is -2.13. The summed E-state index contributed by atoms with van der Waals surface area (Å²) in [4.78, 5) is 0. The fraction of sp³-hybridized carbons (Fsp3) is 0.600. The largest absolute Gasteiger partial charge is 0.478 e. The average molecular weight is 135 g/mol. The maximum Gasteiger partial charge on any atom is 0.478 e. The van der Waals surface area contributed by atoms with Crippen LogP contribution in [0.2, 0.25) is 6.32 Å². The highest BCUT2D eigenvalue weighted by Gasteiger charge is 2.20. The molecule has 0 rings (SSSR count). The minimum Gasteiger partial charge on any atom is -0.449 e. The molecule has 0 nitrogen and oxygen atoms in total. The highest BCUT2D eigenvalue weighted by Crippen LogP contribution is 2.17. The average Bonchev–Trinajstić information content (AvgIpc) is 1.63. The lowest BCUT2D eigenvalue weighted by atomic mass is 9.84. The predicted molar refractivity (Wildman–Crippen MR) is 32.0 cm³/mol. The molecule has 0 aromatic heterocycles. The minimum absolute atomic E-state index is 0.0694. The first-order valence-electron chi connectivity index (χ1n) is 2.71. The molecule has 4 heteroatoms. The Morgan fingerprint density at radius 3 is 2.22 bits per heavy atom. The van der Waals surface area contributed by atoms with Crippen molar-refractivity contribution in [3.63, 3.8) is 0 Å². The van der Waals surface area contributed by atoms with Gasteiger partial charge in [0.05, 0.1) is 0 Å². The zero-order valence-corrected chi connectivity index (χ0v) is 4.91. The fourth-order valence-corrected chi connectivity index (χ4v) is 0.436. The summed E-state index contributed by atoms with van der Waals surface area (Å²) in [5.74, 6) is 2.15. The molecule has 0 heterocycles. The van der Waals surface area contributed by atoms with Crippen LogP contribution in [0.5, 0.6) is 0 Å². The molecule has 0 bridgehead atoms. The lowest BCUT2D eigenvalue weighted by molar-refractivity contribution is 0.464. The maximum absolute atomic E-state index is 11.4. The zero-order valence-electron chi connectivity index (χ0n) is 4.91. The number of hydrogen-bond donors (Lipinski definition) is 0. The number of rotatable bonds is 3. The molecule has 0 amide bonds. The van der Waals surface area contributed by atoms with E-state index in [1.807, 2.05) is 0 Å². The third kappa shape index (κ3) is 7.41. The van der Waals surface area contributed by atoms with E-state index in [9.17, 15) is 12.9 Å². The Bertz CT molecular complexity index is 110. The van der Waals surface area contributed by atoms with Crippen LogP contribution in [0, 0.1) is 12.3 Å². The van der Waals surface area contributed by atoms with E-state index in [1.165, 1.54) is 0 Å². The van der Waals surface area contributed by atoms with Crippen molar-refractivity contribution in [3.05, 3.63) is 0 Å². The van der Waals surface area contributed by atoms with Crippen LogP contribution < -0.4 is 0 Å². The monoisotopic (exact) mass is 135 g/mol. The van der Waals surface area contributed by atoms with Gasteiger partial charge in [-0.2, -0.15) is 0 Å². The third-order valence-corrected chi connectivity index (χ3v) is 0.853. The van der Waals surface area contributed by atoms with Gasteiger partial charge in [-0.1, -0.05) is 12.7 Å². The summed E-state index contributed by atoms with van der Waals surface area (Å²) in [5, 5.41) is 0. The Balaban J connectivity index is 3.20. The second-order valence-electron chi connectivity index (χ2n) is 1.81. The van der Waals surface area contributed by atoms with E-state index < -0.39 is 13.3 Å². The minimum atomic E-state index is -4.61. The van der Waals surface area contributed by atoms with Crippen LogP contribution in [0.3, 0.4) is 0 Å². The van der Waals surface area contributed by atoms with E-state index in [4.69, 9.17) is 6.42 Å². The van der Waals surface area contributed by atoms with Crippen LogP contribution >= 0.6 is 0 Å². The molecule has 0 atom stereocenters. The van der Waals surface area contributed by atoms with Gasteiger partial charge in [-0.05, 0) is 0 Å². The van der Waals surface area contributed by atoms with Gasteiger partial charge in [0, 0.05) is 6.42 Å². The van der Waals surface area contributed by atoms with Crippen LogP contribution in [0.4, 0.5) is 12.9 Å². The predicted octanol–water partition coefficient (Wildman–Crippen LogP) is 2.25. The van der Waals surface area contributed by atoms with Gasteiger partial charge in [-0.15, -0.1) is 12.3 Å². The Kier molecular flexibility index (Phi) is 3.22. The van der Waals surface area contributed by atoms with Crippen molar-refractivity contribution < 1.29 is 12.9 Å². The molecule has 0 unspecified atom stereocenters. The van der Waals surface area contributed by atoms with Crippen molar-refractivity contribution >= 4 is 6.98 Å². The quantitative estimate of drug-likeness (QED) is 0.316. The Morgan fingerprint density at radius 2 is 1.89 bits per heavy atom. The highest BCUT2D eigenvalue weighted by atomic mass is 19.4. The van der Waals surface area contributed by atoms with Gasteiger partial charge in [0.25, 0.3) is 0 Å². The second-order valence-corrected chi connectivity index (χ2v) is 1.81. The molecular formula is C5H7BF3-. The molecular weight excluding hydrogens is 128 g/mol. The van der Waals surface area contributed by atoms with E-state index in [0.29, 0.717) is 0 Å². The summed E-state index contributed by atoms with van der Waals surface area (Å²) < 4.78 is 34.1. The van der Waals surface area contributed by atoms with Crippen LogP contribution in [-0.2, 0) is 0 Å². The van der Waals surface area contributed by atoms with Gasteiger partial charge in [-0.25, -0.2) is 0 Å². The lowest BCUT2D eigenvalue weighted by Gasteiger charge is -2.10. The Labute approximate surface area is 52.5 Å². The summed E-state index contributed by atoms with van der Waals surface area (Å²) in [6.07, 6.45) is 4.34. The summed E-state index contributed by atoms with van der Waals surface area (Å²) in [6, 6.07) is 0. The van der Waals surface area contributed by atoms with Crippen molar-refractivity contribution in [2.24, 2.45) is 0 Å². The first kappa shape index (κ1) is 8.41. The van der Waals surface area contributed by atoms with Gasteiger partial charge >= 0.3 is 6.98 Å². The molecule has 0 fully saturated rings. The first-order chi connectivity index (χ1) is 4.06. The van der Waals surface area contributed by atoms with Gasteiger partial charge in [0.15, 0.2) is 0 Å². The number of halogens is 3. The number of hydrogen-bond acceptors (Lipinski definition) is 0. The molecule has 0 N–H and O–H groups in total. The molecule has 9 heavy (non-hydrogen) atoms. The van der Waals surface area contributed by atoms with E-state index in [2.05, 4.69) is 5.92 Å². The number of unbranched alkanes of at least 4 members (excludes halogenated alkanes) is 1. The summed E-state index contributed by atoms with van der Waals surface area (Å²) >= 11 is 0. The summed E-state index contributed by atoms with van der Waals surface area (Å²) in [6.45, 7) is -4.61. The van der Waals surface area contributed by atoms with Gasteiger partial charge in [0.1, 0.15) is 0 Å². The van der Waals surface area contributed by atoms with E-state index in [-0.39, 0.29) is 12.8 Å². The topological polar surface area (TPSA) is 0 Å². The normalized spacial score (nSPS) is 10.9. The SMILES string of the molecule is C#CCCC[B-](F)(F)F. The van der Waals surface area contributed by atoms with Crippen molar-refractivity contribution in [2.75, 3.05) is 0 Å². The Hall–Kier alpha value is -0.585. The van der Waals surface area contributed by atoms with Crippen LogP contribution in [-0.4, -0.2) is 6.98 Å². The van der Waals surface area contributed by atoms with Crippen LogP contribution in [0.1, 0.15) is 12.8 Å². The zero-order chi connectivity index (χ0) is 7.33. The fourth-order valence-electron chi connectivity index (χ4n) is 0.436. The maximum atomic E-state index is 11.4. The molecule has 0 radical (unpaired) electrons. The van der Waals surface area contributed by atoms with E-state index in [1.54, 1.807) is 0 Å². The molecule has 0 aliphatic rings. The van der Waals surface area contributed by atoms with E-state index >= 15 is 0 Å². The molecule has 0 saturated carbocycles. The first-order valence-corrected chi connectivity index (χ1v) is 2.71. The standard InChI is InChI=1S/C5H7BF3/c1-2-3-4-5-6(7,8)9/h1H,3-5H2/q-1. The van der Waals surface area contributed by atoms with Crippen molar-refractivity contribution in [1.29, 1.82) is 0 Å². The van der Waals surface area contributed by atoms with Gasteiger partial charge in [-0.3, -0.25) is 0 Å². The molecule has 0 aliphatic heterocycles. The smallest absolute Gasteiger partial charge is 0.449 e. The molecule has 0 saturated heterocycles. The van der Waals surface area contributed by atoms with Crippen LogP contribution in [0.15, 0.2) is 0 Å². The van der Waals surface area contributed by atoms with Gasteiger partial charge < -0.3 is 12.9 Å².